The van der Waals surface area contributed by atoms with Crippen molar-refractivity contribution in [3.05, 3.63) is 16.1 Å². The van der Waals surface area contributed by atoms with E-state index < -0.39 is 23.9 Å². The molecule has 0 aromatic carbocycles. The zero-order valence-electron chi connectivity index (χ0n) is 11.7. The molecule has 0 saturated heterocycles. The molecular formula is C12H17N3O5S. The molecular weight excluding hydrogens is 298 g/mol. The molecule has 0 saturated carbocycles. The molecule has 1 aromatic rings. The number of rotatable bonds is 7. The Labute approximate surface area is 125 Å². The van der Waals surface area contributed by atoms with Crippen LogP contribution in [0.1, 0.15) is 41.3 Å². The van der Waals surface area contributed by atoms with Crippen molar-refractivity contribution in [2.45, 2.75) is 31.8 Å². The smallest absolute Gasteiger partial charge is 0.326 e. The van der Waals surface area contributed by atoms with Gasteiger partial charge in [0.1, 0.15) is 16.7 Å². The summed E-state index contributed by atoms with van der Waals surface area (Å²) in [4.78, 5) is 38.0. The van der Waals surface area contributed by atoms with Gasteiger partial charge >= 0.3 is 11.9 Å². The number of carboxylic acids is 1. The van der Waals surface area contributed by atoms with Crippen LogP contribution < -0.4 is 11.1 Å². The normalized spacial score (nSPS) is 13.3. The largest absolute Gasteiger partial charge is 0.480 e. The number of aliphatic carboxylic acids is 1. The monoisotopic (exact) mass is 315 g/mol. The topological polar surface area (TPSA) is 132 Å². The van der Waals surface area contributed by atoms with E-state index in [0.717, 1.165) is 0 Å². The van der Waals surface area contributed by atoms with Crippen LogP contribution in [0.3, 0.4) is 0 Å². The third-order valence-electron chi connectivity index (χ3n) is 2.61. The Morgan fingerprint density at radius 3 is 2.67 bits per heavy atom. The molecule has 0 radical (unpaired) electrons. The van der Waals surface area contributed by atoms with Crippen LogP contribution in [0.25, 0.3) is 0 Å². The summed E-state index contributed by atoms with van der Waals surface area (Å²) < 4.78 is 4.43. The maximum Gasteiger partial charge on any atom is 0.326 e. The number of amides is 1. The van der Waals surface area contributed by atoms with Crippen molar-refractivity contribution in [3.63, 3.8) is 0 Å². The highest BCUT2D eigenvalue weighted by atomic mass is 32.1. The fourth-order valence-electron chi connectivity index (χ4n) is 1.45. The van der Waals surface area contributed by atoms with Gasteiger partial charge in [-0.25, -0.2) is 9.78 Å². The molecule has 116 valence electrons. The van der Waals surface area contributed by atoms with Gasteiger partial charge in [-0.2, -0.15) is 0 Å². The predicted octanol–water partition coefficient (Wildman–Crippen LogP) is 0.299. The molecule has 8 nitrogen and oxygen atoms in total. The maximum absolute atomic E-state index is 11.9. The Morgan fingerprint density at radius 1 is 1.52 bits per heavy atom. The number of hydrogen-bond acceptors (Lipinski definition) is 7. The van der Waals surface area contributed by atoms with E-state index in [1.807, 2.05) is 0 Å². The first-order valence-electron chi connectivity index (χ1n) is 6.16. The Morgan fingerprint density at radius 2 is 2.19 bits per heavy atom. The number of thiazole rings is 1. The van der Waals surface area contributed by atoms with Crippen molar-refractivity contribution < 1.29 is 24.2 Å². The summed E-state index contributed by atoms with van der Waals surface area (Å²) in [5.41, 5.74) is 5.75. The summed E-state index contributed by atoms with van der Waals surface area (Å²) in [5.74, 6) is -2.38. The lowest BCUT2D eigenvalue weighted by Gasteiger charge is -2.12. The van der Waals surface area contributed by atoms with Gasteiger partial charge in [0.2, 0.25) is 0 Å². The van der Waals surface area contributed by atoms with Crippen molar-refractivity contribution >= 4 is 29.2 Å². The van der Waals surface area contributed by atoms with E-state index >= 15 is 0 Å². The number of carbonyl (C=O) groups is 3. The van der Waals surface area contributed by atoms with Gasteiger partial charge < -0.3 is 20.9 Å². The molecule has 0 aliphatic rings. The highest BCUT2D eigenvalue weighted by molar-refractivity contribution is 7.09. The van der Waals surface area contributed by atoms with E-state index in [2.05, 4.69) is 15.0 Å². The van der Waals surface area contributed by atoms with Gasteiger partial charge in [-0.1, -0.05) is 0 Å². The van der Waals surface area contributed by atoms with Crippen LogP contribution in [-0.2, 0) is 14.3 Å². The molecule has 1 heterocycles. The molecule has 1 unspecified atom stereocenters. The fraction of sp³-hybridized carbons (Fsp3) is 0.500. The Balaban J connectivity index is 2.67. The quantitative estimate of drug-likeness (QED) is 0.616. The number of nitrogens with one attached hydrogen (secondary N) is 1. The molecule has 0 bridgehead atoms. The second-order valence-corrected chi connectivity index (χ2v) is 5.23. The first-order valence-corrected chi connectivity index (χ1v) is 7.04. The second-order valence-electron chi connectivity index (χ2n) is 4.34. The average Bonchev–Trinajstić information content (AvgIpc) is 2.92. The van der Waals surface area contributed by atoms with Gasteiger partial charge in [0.15, 0.2) is 0 Å². The highest BCUT2D eigenvalue weighted by Gasteiger charge is 2.23. The van der Waals surface area contributed by atoms with Gasteiger partial charge in [-0.05, 0) is 13.3 Å². The van der Waals surface area contributed by atoms with Gasteiger partial charge in [0.05, 0.1) is 13.2 Å². The molecule has 0 fully saturated rings. The summed E-state index contributed by atoms with van der Waals surface area (Å²) in [6.07, 6.45) is -0.159. The van der Waals surface area contributed by atoms with E-state index in [4.69, 9.17) is 10.8 Å². The van der Waals surface area contributed by atoms with Crippen LogP contribution in [0, 0.1) is 0 Å². The number of nitrogens with zero attached hydrogens (tertiary/aromatic N) is 1. The van der Waals surface area contributed by atoms with E-state index in [9.17, 15) is 14.4 Å². The molecule has 2 atom stereocenters. The minimum Gasteiger partial charge on any atom is -0.480 e. The number of ether oxygens (including phenoxy) is 1. The third-order valence-corrected chi connectivity index (χ3v) is 3.66. The number of carboxylic acid groups (broad SMARTS) is 1. The van der Waals surface area contributed by atoms with Crippen LogP contribution in [-0.4, -0.2) is 41.1 Å². The van der Waals surface area contributed by atoms with E-state index in [1.54, 1.807) is 6.92 Å². The summed E-state index contributed by atoms with van der Waals surface area (Å²) in [7, 11) is 1.21. The SMILES string of the molecule is COC(=O)CC[C@@H](NC(=O)c1csc(C(C)N)n1)C(=O)O. The molecule has 9 heteroatoms. The number of aromatic nitrogens is 1. The molecule has 1 aromatic heterocycles. The molecule has 4 N–H and O–H groups in total. The first kappa shape index (κ1) is 17.1. The maximum atomic E-state index is 11.9. The number of hydrogen-bond donors (Lipinski definition) is 3. The van der Waals surface area contributed by atoms with E-state index in [0.29, 0.717) is 5.01 Å². The Kier molecular flexibility index (Phi) is 6.25. The summed E-state index contributed by atoms with van der Waals surface area (Å²) >= 11 is 1.22. The molecule has 0 aliphatic carbocycles. The molecule has 1 amide bonds. The molecule has 21 heavy (non-hydrogen) atoms. The van der Waals surface area contributed by atoms with Crippen LogP contribution in [0.4, 0.5) is 0 Å². The molecule has 0 spiro atoms. The van der Waals surface area contributed by atoms with E-state index in [1.165, 1.54) is 23.8 Å². The minimum atomic E-state index is -1.23. The summed E-state index contributed by atoms with van der Waals surface area (Å²) in [6.45, 7) is 1.73. The summed E-state index contributed by atoms with van der Waals surface area (Å²) in [6, 6.07) is -1.48. The Bertz CT molecular complexity index is 529. The van der Waals surface area contributed by atoms with Crippen molar-refractivity contribution in [2.24, 2.45) is 5.73 Å². The molecule has 0 aliphatic heterocycles. The predicted molar refractivity (Wildman–Crippen MR) is 74.9 cm³/mol. The molecule has 1 rings (SSSR count). The first-order chi connectivity index (χ1) is 9.85. The third kappa shape index (κ3) is 5.12. The zero-order valence-corrected chi connectivity index (χ0v) is 12.5. The van der Waals surface area contributed by atoms with Gasteiger partial charge in [-0.3, -0.25) is 9.59 Å². The van der Waals surface area contributed by atoms with Crippen LogP contribution in [0.5, 0.6) is 0 Å². The van der Waals surface area contributed by atoms with Crippen LogP contribution >= 0.6 is 11.3 Å². The number of methoxy groups -OCH3 is 1. The fourth-order valence-corrected chi connectivity index (χ4v) is 2.21. The minimum absolute atomic E-state index is 0.0575. The standard InChI is InChI=1S/C12H17N3O5S/c1-6(13)11-15-8(5-21-11)10(17)14-7(12(18)19)3-4-9(16)20-2/h5-7H,3-4,13H2,1-2H3,(H,14,17)(H,18,19)/t6?,7-/m1/s1. The lowest BCUT2D eigenvalue weighted by Crippen LogP contribution is -2.41. The van der Waals surface area contributed by atoms with Gasteiger partial charge in [0.25, 0.3) is 5.91 Å². The Hall–Kier alpha value is -2.00. The average molecular weight is 315 g/mol. The number of esters is 1. The van der Waals surface area contributed by atoms with Crippen molar-refractivity contribution in [1.82, 2.24) is 10.3 Å². The number of carbonyl (C=O) groups excluding carboxylic acids is 2. The lowest BCUT2D eigenvalue weighted by molar-refractivity contribution is -0.142. The van der Waals surface area contributed by atoms with Gasteiger partial charge in [-0.15, -0.1) is 11.3 Å². The number of nitrogens with two attached hydrogens (primary N) is 1. The van der Waals surface area contributed by atoms with Crippen molar-refractivity contribution in [2.75, 3.05) is 7.11 Å². The van der Waals surface area contributed by atoms with Gasteiger partial charge in [0, 0.05) is 11.8 Å². The second kappa shape index (κ2) is 7.70. The van der Waals surface area contributed by atoms with Crippen molar-refractivity contribution in [3.8, 4) is 0 Å². The lowest BCUT2D eigenvalue weighted by atomic mass is 10.1. The summed E-state index contributed by atoms with van der Waals surface area (Å²) in [5, 5.41) is 13.5. The van der Waals surface area contributed by atoms with Crippen LogP contribution in [0.2, 0.25) is 0 Å². The van der Waals surface area contributed by atoms with Crippen LogP contribution in [0.15, 0.2) is 5.38 Å². The van der Waals surface area contributed by atoms with Crippen molar-refractivity contribution in [1.29, 1.82) is 0 Å². The zero-order chi connectivity index (χ0) is 16.0. The van der Waals surface area contributed by atoms with E-state index in [-0.39, 0.29) is 24.6 Å². The highest BCUT2D eigenvalue weighted by Crippen LogP contribution is 2.16.